The lowest BCUT2D eigenvalue weighted by molar-refractivity contribution is -0.384. The lowest BCUT2D eigenvalue weighted by atomic mass is 10.0. The summed E-state index contributed by atoms with van der Waals surface area (Å²) in [7, 11) is 1.70. The Morgan fingerprint density at radius 3 is 2.80 bits per heavy atom. The quantitative estimate of drug-likeness (QED) is 0.639. The fourth-order valence-corrected chi connectivity index (χ4v) is 2.35. The average Bonchev–Trinajstić information content (AvgIpc) is 2.36. The van der Waals surface area contributed by atoms with Crippen LogP contribution in [0.15, 0.2) is 12.1 Å². The zero-order chi connectivity index (χ0) is 14.9. The number of benzene rings is 1. The van der Waals surface area contributed by atoms with Gasteiger partial charge in [-0.15, -0.1) is 0 Å². The number of nitro benzene ring substituents is 1. The van der Waals surface area contributed by atoms with Gasteiger partial charge >= 0.3 is 0 Å². The van der Waals surface area contributed by atoms with Crippen LogP contribution in [0.4, 0.5) is 17.1 Å². The van der Waals surface area contributed by atoms with Gasteiger partial charge < -0.3 is 15.3 Å². The molecule has 1 amide bonds. The molecule has 0 fully saturated rings. The van der Waals surface area contributed by atoms with Gasteiger partial charge in [0.15, 0.2) is 0 Å². The molecule has 7 heteroatoms. The van der Waals surface area contributed by atoms with Crippen LogP contribution in [0.2, 0.25) is 0 Å². The number of nitro groups is 1. The van der Waals surface area contributed by atoms with Crippen molar-refractivity contribution in [2.24, 2.45) is 0 Å². The molecule has 1 heterocycles. The minimum atomic E-state index is -0.588. The van der Waals surface area contributed by atoms with Gasteiger partial charge in [-0.1, -0.05) is 0 Å². The Bertz CT molecular complexity index is 557. The van der Waals surface area contributed by atoms with E-state index in [0.29, 0.717) is 30.8 Å². The number of aliphatic hydroxyl groups excluding tert-OH is 1. The van der Waals surface area contributed by atoms with E-state index in [2.05, 4.69) is 5.32 Å². The number of amides is 1. The van der Waals surface area contributed by atoms with Gasteiger partial charge in [-0.25, -0.2) is 0 Å². The largest absolute Gasteiger partial charge is 0.392 e. The first-order valence-corrected chi connectivity index (χ1v) is 6.39. The second-order valence-corrected chi connectivity index (χ2v) is 5.03. The van der Waals surface area contributed by atoms with Crippen molar-refractivity contribution in [1.82, 2.24) is 0 Å². The monoisotopic (exact) mass is 279 g/mol. The highest BCUT2D eigenvalue weighted by molar-refractivity contribution is 5.95. The predicted octanol–water partition coefficient (Wildman–Crippen LogP) is 1.30. The number of anilines is 2. The molecule has 1 aromatic rings. The summed E-state index contributed by atoms with van der Waals surface area (Å²) >= 11 is 0. The second kappa shape index (κ2) is 5.46. The van der Waals surface area contributed by atoms with Crippen molar-refractivity contribution in [3.05, 3.63) is 27.8 Å². The number of rotatable bonds is 4. The summed E-state index contributed by atoms with van der Waals surface area (Å²) in [4.78, 5) is 23.7. The van der Waals surface area contributed by atoms with Gasteiger partial charge in [0, 0.05) is 26.1 Å². The molecule has 0 aromatic heterocycles. The van der Waals surface area contributed by atoms with Crippen LogP contribution in [0.25, 0.3) is 0 Å². The molecule has 108 valence electrons. The Morgan fingerprint density at radius 1 is 1.50 bits per heavy atom. The molecule has 0 radical (unpaired) electrons. The molecule has 1 unspecified atom stereocenters. The molecule has 20 heavy (non-hydrogen) atoms. The molecule has 0 saturated carbocycles. The van der Waals surface area contributed by atoms with Crippen molar-refractivity contribution >= 4 is 23.0 Å². The van der Waals surface area contributed by atoms with Crippen LogP contribution in [-0.4, -0.2) is 35.6 Å². The van der Waals surface area contributed by atoms with Crippen molar-refractivity contribution in [2.75, 3.05) is 23.8 Å². The van der Waals surface area contributed by atoms with E-state index in [4.69, 9.17) is 0 Å². The summed E-state index contributed by atoms with van der Waals surface area (Å²) in [5.74, 6) is -0.128. The third-order valence-corrected chi connectivity index (χ3v) is 3.24. The van der Waals surface area contributed by atoms with Gasteiger partial charge in [0.05, 0.1) is 16.7 Å². The van der Waals surface area contributed by atoms with Crippen LogP contribution in [-0.2, 0) is 11.2 Å². The minimum absolute atomic E-state index is 0.0749. The van der Waals surface area contributed by atoms with Crippen molar-refractivity contribution < 1.29 is 14.8 Å². The maximum Gasteiger partial charge on any atom is 0.294 e. The predicted molar refractivity (Wildman–Crippen MR) is 75.0 cm³/mol. The first-order valence-electron chi connectivity index (χ1n) is 6.39. The Kier molecular flexibility index (Phi) is 3.89. The summed E-state index contributed by atoms with van der Waals surface area (Å²) in [5.41, 5.74) is 1.75. The highest BCUT2D eigenvalue weighted by Gasteiger charge is 2.24. The zero-order valence-corrected chi connectivity index (χ0v) is 11.4. The molecule has 1 aliphatic heterocycles. The van der Waals surface area contributed by atoms with E-state index in [1.807, 2.05) is 0 Å². The molecule has 0 aliphatic carbocycles. The van der Waals surface area contributed by atoms with Gasteiger partial charge in [-0.3, -0.25) is 14.9 Å². The Morgan fingerprint density at radius 2 is 2.20 bits per heavy atom. The van der Waals surface area contributed by atoms with E-state index < -0.39 is 11.0 Å². The maximum absolute atomic E-state index is 11.3. The molecular weight excluding hydrogens is 262 g/mol. The molecule has 2 rings (SSSR count). The van der Waals surface area contributed by atoms with Gasteiger partial charge in [-0.05, 0) is 25.0 Å². The number of aliphatic hydroxyl groups is 1. The number of aryl methyl sites for hydroxylation is 1. The Balaban J connectivity index is 2.45. The van der Waals surface area contributed by atoms with E-state index in [9.17, 15) is 20.0 Å². The van der Waals surface area contributed by atoms with Crippen molar-refractivity contribution in [1.29, 1.82) is 0 Å². The lowest BCUT2D eigenvalue weighted by Crippen LogP contribution is -2.28. The normalized spacial score (nSPS) is 15.2. The summed E-state index contributed by atoms with van der Waals surface area (Å²) in [6.45, 7) is 1.92. The van der Waals surface area contributed by atoms with E-state index in [0.717, 1.165) is 5.56 Å². The molecule has 1 aliphatic rings. The topological polar surface area (TPSA) is 95.7 Å². The van der Waals surface area contributed by atoms with Gasteiger partial charge in [0.1, 0.15) is 5.69 Å². The van der Waals surface area contributed by atoms with Crippen molar-refractivity contribution in [3.63, 3.8) is 0 Å². The molecular formula is C13H17N3O4. The van der Waals surface area contributed by atoms with Gasteiger partial charge in [0.2, 0.25) is 5.91 Å². The number of nitrogens with one attached hydrogen (secondary N) is 1. The first kappa shape index (κ1) is 14.3. The number of hydrogen-bond donors (Lipinski definition) is 2. The fraction of sp³-hybridized carbons (Fsp3) is 0.462. The minimum Gasteiger partial charge on any atom is -0.392 e. The molecule has 0 saturated heterocycles. The maximum atomic E-state index is 11.3. The van der Waals surface area contributed by atoms with E-state index in [-0.39, 0.29) is 11.6 Å². The SMILES string of the molecule is CC(O)CN(C)c1cc2c(cc1[N+](=O)[O-])NC(=O)CC2. The summed E-state index contributed by atoms with van der Waals surface area (Å²) in [6.07, 6.45) is 0.356. The van der Waals surface area contributed by atoms with E-state index in [1.165, 1.54) is 6.07 Å². The number of fused-ring (bicyclic) bond motifs is 1. The van der Waals surface area contributed by atoms with Crippen LogP contribution >= 0.6 is 0 Å². The van der Waals surface area contributed by atoms with E-state index >= 15 is 0 Å². The molecule has 1 atom stereocenters. The lowest BCUT2D eigenvalue weighted by Gasteiger charge is -2.24. The number of carbonyl (C=O) groups is 1. The van der Waals surface area contributed by atoms with Gasteiger partial charge in [0.25, 0.3) is 5.69 Å². The highest BCUT2D eigenvalue weighted by atomic mass is 16.6. The van der Waals surface area contributed by atoms with Crippen LogP contribution in [0.1, 0.15) is 18.9 Å². The number of likely N-dealkylation sites (N-methyl/N-ethyl adjacent to an activating group) is 1. The van der Waals surface area contributed by atoms with Crippen LogP contribution < -0.4 is 10.2 Å². The zero-order valence-electron chi connectivity index (χ0n) is 11.4. The third kappa shape index (κ3) is 2.88. The Hall–Kier alpha value is -2.15. The van der Waals surface area contributed by atoms with Gasteiger partial charge in [-0.2, -0.15) is 0 Å². The molecule has 0 bridgehead atoms. The molecule has 2 N–H and O–H groups in total. The van der Waals surface area contributed by atoms with Crippen LogP contribution in [0.5, 0.6) is 0 Å². The molecule has 1 aromatic carbocycles. The number of carbonyl (C=O) groups excluding carboxylic acids is 1. The van der Waals surface area contributed by atoms with E-state index in [1.54, 1.807) is 24.9 Å². The van der Waals surface area contributed by atoms with Crippen LogP contribution in [0.3, 0.4) is 0 Å². The first-order chi connectivity index (χ1) is 9.38. The highest BCUT2D eigenvalue weighted by Crippen LogP contribution is 2.35. The smallest absolute Gasteiger partial charge is 0.294 e. The molecule has 0 spiro atoms. The standard InChI is InChI=1S/C13H17N3O4/c1-8(17)7-15(2)11-5-9-3-4-13(18)14-10(9)6-12(11)16(19)20/h5-6,8,17H,3-4,7H2,1-2H3,(H,14,18). The molecule has 7 nitrogen and oxygen atoms in total. The van der Waals surface area contributed by atoms with Crippen molar-refractivity contribution in [2.45, 2.75) is 25.9 Å². The van der Waals surface area contributed by atoms with Crippen molar-refractivity contribution in [3.8, 4) is 0 Å². The summed E-state index contributed by atoms with van der Waals surface area (Å²) in [6, 6.07) is 3.11. The summed E-state index contributed by atoms with van der Waals surface area (Å²) in [5, 5.41) is 23.3. The fourth-order valence-electron chi connectivity index (χ4n) is 2.35. The second-order valence-electron chi connectivity index (χ2n) is 5.03. The number of nitrogens with zero attached hydrogens (tertiary/aromatic N) is 2. The Labute approximate surface area is 116 Å². The van der Waals surface area contributed by atoms with Crippen LogP contribution in [0, 0.1) is 10.1 Å². The number of hydrogen-bond acceptors (Lipinski definition) is 5. The average molecular weight is 279 g/mol. The third-order valence-electron chi connectivity index (χ3n) is 3.24. The summed E-state index contributed by atoms with van der Waals surface area (Å²) < 4.78 is 0.